The molecule has 0 bridgehead atoms. The van der Waals surface area contributed by atoms with Crippen molar-refractivity contribution in [3.05, 3.63) is 11.8 Å². The van der Waals surface area contributed by atoms with Crippen molar-refractivity contribution in [2.75, 3.05) is 0 Å². The second-order valence-corrected chi connectivity index (χ2v) is 4.81. The van der Waals surface area contributed by atoms with Gasteiger partial charge in [0, 0.05) is 6.42 Å². The summed E-state index contributed by atoms with van der Waals surface area (Å²) in [6.45, 7) is 1.98. The average molecular weight is 252 g/mol. The Kier molecular flexibility index (Phi) is 2.79. The molecule has 0 spiro atoms. The van der Waals surface area contributed by atoms with Crippen LogP contribution < -0.4 is 0 Å². The maximum absolute atomic E-state index is 5.43. The summed E-state index contributed by atoms with van der Waals surface area (Å²) in [5.41, 5.74) is 0. The van der Waals surface area contributed by atoms with Crippen molar-refractivity contribution >= 4 is 11.8 Å². The fraction of sp³-hybridized carbons (Fsp3) is 0.667. The second-order valence-electron chi connectivity index (χ2n) is 3.87. The van der Waals surface area contributed by atoms with E-state index < -0.39 is 0 Å². The monoisotopic (exact) mass is 252 g/mol. The van der Waals surface area contributed by atoms with E-state index in [0.717, 1.165) is 11.6 Å². The molecule has 0 N–H and O–H groups in total. The molecule has 1 fully saturated rings. The summed E-state index contributed by atoms with van der Waals surface area (Å²) in [5, 5.41) is 20.4. The smallest absolute Gasteiger partial charge is 0.226 e. The molecule has 0 saturated heterocycles. The zero-order chi connectivity index (χ0) is 11.7. The topological polar surface area (TPSA) is 82.5 Å². The molecule has 0 atom stereocenters. The lowest BCUT2D eigenvalue weighted by Gasteiger charge is -1.99. The number of nitrogens with zero attached hydrogens (tertiary/aromatic N) is 6. The zero-order valence-electron chi connectivity index (χ0n) is 9.41. The van der Waals surface area contributed by atoms with Gasteiger partial charge in [-0.25, -0.2) is 4.68 Å². The molecule has 7 nitrogen and oxygen atoms in total. The Morgan fingerprint density at radius 1 is 1.29 bits per heavy atom. The Morgan fingerprint density at radius 2 is 2.12 bits per heavy atom. The van der Waals surface area contributed by atoms with Gasteiger partial charge >= 0.3 is 0 Å². The number of hydrogen-bond donors (Lipinski definition) is 0. The van der Waals surface area contributed by atoms with Gasteiger partial charge in [-0.05, 0) is 23.3 Å². The molecule has 0 aliphatic heterocycles. The minimum Gasteiger partial charge on any atom is -0.424 e. The van der Waals surface area contributed by atoms with Crippen LogP contribution in [0.2, 0.25) is 0 Å². The van der Waals surface area contributed by atoms with Crippen LogP contribution in [0.5, 0.6) is 0 Å². The molecule has 1 aliphatic rings. The largest absolute Gasteiger partial charge is 0.424 e. The molecule has 0 amide bonds. The Hall–Kier alpha value is -1.44. The Morgan fingerprint density at radius 3 is 2.82 bits per heavy atom. The number of rotatable bonds is 5. The molecule has 2 aromatic rings. The zero-order valence-corrected chi connectivity index (χ0v) is 10.2. The predicted molar refractivity (Wildman–Crippen MR) is 59.3 cm³/mol. The fourth-order valence-electron chi connectivity index (χ4n) is 1.44. The van der Waals surface area contributed by atoms with Gasteiger partial charge in [0.05, 0.1) is 11.8 Å². The Balaban J connectivity index is 1.64. The Labute approximate surface area is 102 Å². The highest BCUT2D eigenvalue weighted by atomic mass is 32.2. The third-order valence-electron chi connectivity index (χ3n) is 2.49. The van der Waals surface area contributed by atoms with Crippen LogP contribution in [0.1, 0.15) is 37.6 Å². The van der Waals surface area contributed by atoms with Crippen LogP contribution in [0.15, 0.2) is 9.57 Å². The van der Waals surface area contributed by atoms with Crippen LogP contribution >= 0.6 is 11.8 Å². The third kappa shape index (κ3) is 2.31. The predicted octanol–water partition coefficient (Wildman–Crippen LogP) is 1.25. The molecular weight excluding hydrogens is 240 g/mol. The van der Waals surface area contributed by atoms with Crippen molar-refractivity contribution in [1.82, 2.24) is 30.4 Å². The van der Waals surface area contributed by atoms with Crippen LogP contribution in [0.25, 0.3) is 0 Å². The lowest BCUT2D eigenvalue weighted by Crippen LogP contribution is -1.98. The SMILES string of the molecule is CCc1nnc(CSc2nnnn2C2CC2)o1. The third-order valence-corrected chi connectivity index (χ3v) is 3.41. The fourth-order valence-corrected chi connectivity index (χ4v) is 2.23. The lowest BCUT2D eigenvalue weighted by atomic mass is 10.5. The van der Waals surface area contributed by atoms with Gasteiger partial charge in [0.25, 0.3) is 0 Å². The number of aromatic nitrogens is 6. The maximum Gasteiger partial charge on any atom is 0.226 e. The van der Waals surface area contributed by atoms with Crippen LogP contribution in [0.3, 0.4) is 0 Å². The Bertz CT molecular complexity index is 505. The van der Waals surface area contributed by atoms with Gasteiger partial charge in [-0.15, -0.1) is 15.3 Å². The van der Waals surface area contributed by atoms with Crippen molar-refractivity contribution < 1.29 is 4.42 Å². The van der Waals surface area contributed by atoms with Crippen LogP contribution in [0, 0.1) is 0 Å². The highest BCUT2D eigenvalue weighted by Gasteiger charge is 2.28. The van der Waals surface area contributed by atoms with E-state index in [9.17, 15) is 0 Å². The molecule has 0 aromatic carbocycles. The van der Waals surface area contributed by atoms with Crippen molar-refractivity contribution in [3.63, 3.8) is 0 Å². The molecule has 90 valence electrons. The maximum atomic E-state index is 5.43. The summed E-state index contributed by atoms with van der Waals surface area (Å²) >= 11 is 1.53. The molecule has 17 heavy (non-hydrogen) atoms. The summed E-state index contributed by atoms with van der Waals surface area (Å²) in [5.74, 6) is 1.90. The van der Waals surface area contributed by atoms with Gasteiger partial charge in [-0.2, -0.15) is 0 Å². The molecule has 8 heteroatoms. The molecular formula is C9H12N6OS. The molecule has 2 heterocycles. The number of tetrazole rings is 1. The molecule has 0 radical (unpaired) electrons. The summed E-state index contributed by atoms with van der Waals surface area (Å²) in [6.07, 6.45) is 3.09. The standard InChI is InChI=1S/C9H12N6OS/c1-2-7-10-11-8(16-7)5-17-9-12-13-14-15(9)6-3-4-6/h6H,2-5H2,1H3. The second kappa shape index (κ2) is 4.44. The van der Waals surface area contributed by atoms with Crippen molar-refractivity contribution in [2.24, 2.45) is 0 Å². The van der Waals surface area contributed by atoms with E-state index in [1.165, 1.54) is 24.6 Å². The van der Waals surface area contributed by atoms with Crippen molar-refractivity contribution in [3.8, 4) is 0 Å². The van der Waals surface area contributed by atoms with Gasteiger partial charge in [-0.3, -0.25) is 0 Å². The highest BCUT2D eigenvalue weighted by molar-refractivity contribution is 7.98. The number of hydrogen-bond acceptors (Lipinski definition) is 7. The first-order valence-corrected chi connectivity index (χ1v) is 6.57. The van der Waals surface area contributed by atoms with Crippen LogP contribution in [0.4, 0.5) is 0 Å². The minimum absolute atomic E-state index is 0.487. The first-order chi connectivity index (χ1) is 8.36. The van der Waals surface area contributed by atoms with E-state index in [4.69, 9.17) is 4.42 Å². The summed E-state index contributed by atoms with van der Waals surface area (Å²) in [7, 11) is 0. The van der Waals surface area contributed by atoms with Gasteiger partial charge in [-0.1, -0.05) is 18.7 Å². The van der Waals surface area contributed by atoms with Crippen LogP contribution in [-0.4, -0.2) is 30.4 Å². The minimum atomic E-state index is 0.487. The van der Waals surface area contributed by atoms with Crippen molar-refractivity contribution in [1.29, 1.82) is 0 Å². The normalized spacial score (nSPS) is 15.4. The van der Waals surface area contributed by atoms with Gasteiger partial charge in [0.2, 0.25) is 16.9 Å². The molecule has 1 saturated carbocycles. The number of thioether (sulfide) groups is 1. The highest BCUT2D eigenvalue weighted by Crippen LogP contribution is 2.36. The van der Waals surface area contributed by atoms with E-state index in [-0.39, 0.29) is 0 Å². The number of aryl methyl sites for hydroxylation is 1. The van der Waals surface area contributed by atoms with E-state index >= 15 is 0 Å². The van der Waals surface area contributed by atoms with Gasteiger partial charge < -0.3 is 4.42 Å². The summed E-state index contributed by atoms with van der Waals surface area (Å²) < 4.78 is 7.30. The molecule has 2 aromatic heterocycles. The van der Waals surface area contributed by atoms with Gasteiger partial charge in [0.15, 0.2) is 0 Å². The van der Waals surface area contributed by atoms with E-state index in [1.807, 2.05) is 11.6 Å². The average Bonchev–Trinajstić information content (AvgIpc) is 2.93. The molecule has 1 aliphatic carbocycles. The quantitative estimate of drug-likeness (QED) is 0.740. The van der Waals surface area contributed by atoms with E-state index in [0.29, 0.717) is 23.6 Å². The first-order valence-electron chi connectivity index (χ1n) is 5.58. The first kappa shape index (κ1) is 10.7. The summed E-state index contributed by atoms with van der Waals surface area (Å²) in [6, 6.07) is 0.487. The van der Waals surface area contributed by atoms with Crippen LogP contribution in [-0.2, 0) is 12.2 Å². The molecule has 3 rings (SSSR count). The van der Waals surface area contributed by atoms with Gasteiger partial charge in [0.1, 0.15) is 0 Å². The lowest BCUT2D eigenvalue weighted by molar-refractivity contribution is 0.469. The van der Waals surface area contributed by atoms with Crippen molar-refractivity contribution in [2.45, 2.75) is 43.1 Å². The van der Waals surface area contributed by atoms with E-state index in [2.05, 4.69) is 25.7 Å². The summed E-state index contributed by atoms with van der Waals surface area (Å²) in [4.78, 5) is 0. The van der Waals surface area contributed by atoms with E-state index in [1.54, 1.807) is 0 Å². The molecule has 0 unspecified atom stereocenters.